The van der Waals surface area contributed by atoms with Crippen molar-refractivity contribution in [3.63, 3.8) is 0 Å². The summed E-state index contributed by atoms with van der Waals surface area (Å²) in [6.45, 7) is 0.738. The van der Waals surface area contributed by atoms with Crippen molar-refractivity contribution in [2.75, 3.05) is 6.54 Å². The molecule has 0 aliphatic carbocycles. The lowest BCUT2D eigenvalue weighted by Gasteiger charge is -2.15. The van der Waals surface area contributed by atoms with Gasteiger partial charge in [0.1, 0.15) is 0 Å². The van der Waals surface area contributed by atoms with Gasteiger partial charge in [-0.05, 0) is 23.8 Å². The van der Waals surface area contributed by atoms with Gasteiger partial charge in [-0.15, -0.1) is 0 Å². The highest BCUT2D eigenvalue weighted by molar-refractivity contribution is 5.93. The third-order valence-corrected chi connectivity index (χ3v) is 3.18. The molecule has 1 aromatic carbocycles. The average Bonchev–Trinajstić information content (AvgIpc) is 2.54. The molecule has 0 saturated carbocycles. The lowest BCUT2D eigenvalue weighted by molar-refractivity contribution is -0.123. The molecular weight excluding hydrogens is 200 g/mol. The van der Waals surface area contributed by atoms with E-state index in [2.05, 4.69) is 10.3 Å². The molecule has 1 aromatic rings. The summed E-state index contributed by atoms with van der Waals surface area (Å²) in [5, 5.41) is 4.83. The summed E-state index contributed by atoms with van der Waals surface area (Å²) in [5.41, 5.74) is -0.490. The Morgan fingerprint density at radius 3 is 3.00 bits per heavy atom. The standard InChI is InChI=1S/C13H12N2O/c16-12-13(6-8-15-12)5-7-14-11-4-2-1-3-10(11)9-13/h1-5,7,9H,6,8H2,(H,15,16). The minimum absolute atomic E-state index is 0.0793. The van der Waals surface area contributed by atoms with Crippen LogP contribution in [0.3, 0.4) is 0 Å². The molecule has 16 heavy (non-hydrogen) atoms. The SMILES string of the molecule is O=C1NCCC12C=CN=c1ccccc1=C2. The van der Waals surface area contributed by atoms with Gasteiger partial charge in [0.15, 0.2) is 0 Å². The summed E-state index contributed by atoms with van der Waals surface area (Å²) >= 11 is 0. The first-order valence-electron chi connectivity index (χ1n) is 5.42. The van der Waals surface area contributed by atoms with E-state index in [-0.39, 0.29) is 5.91 Å². The lowest BCUT2D eigenvalue weighted by Crippen LogP contribution is -2.31. The zero-order chi connectivity index (χ0) is 11.0. The normalized spacial score (nSPS) is 26.6. The van der Waals surface area contributed by atoms with Crippen molar-refractivity contribution in [2.24, 2.45) is 10.4 Å². The van der Waals surface area contributed by atoms with E-state index in [1.807, 2.05) is 36.4 Å². The monoisotopic (exact) mass is 212 g/mol. The third kappa shape index (κ3) is 1.28. The van der Waals surface area contributed by atoms with E-state index in [1.54, 1.807) is 6.20 Å². The first kappa shape index (κ1) is 9.33. The van der Waals surface area contributed by atoms with Crippen LogP contribution in [0.15, 0.2) is 41.5 Å². The fourth-order valence-electron chi connectivity index (χ4n) is 2.26. The highest BCUT2D eigenvalue weighted by Gasteiger charge is 2.38. The van der Waals surface area contributed by atoms with E-state index in [0.717, 1.165) is 23.5 Å². The zero-order valence-corrected chi connectivity index (χ0v) is 8.81. The minimum Gasteiger partial charge on any atom is -0.355 e. The molecule has 1 atom stereocenters. The summed E-state index contributed by atoms with van der Waals surface area (Å²) in [7, 11) is 0. The Labute approximate surface area is 93.2 Å². The maximum Gasteiger partial charge on any atom is 0.234 e. The van der Waals surface area contributed by atoms with Gasteiger partial charge in [-0.25, -0.2) is 0 Å². The van der Waals surface area contributed by atoms with Crippen LogP contribution in [0.4, 0.5) is 0 Å². The Morgan fingerprint density at radius 2 is 2.19 bits per heavy atom. The molecular formula is C13H12N2O. The molecule has 1 spiro atoms. The van der Waals surface area contributed by atoms with Crippen LogP contribution in [-0.2, 0) is 4.79 Å². The second-order valence-electron chi connectivity index (χ2n) is 4.19. The molecule has 2 heterocycles. The summed E-state index contributed by atoms with van der Waals surface area (Å²) in [5.74, 6) is 0.0793. The van der Waals surface area contributed by atoms with Crippen LogP contribution in [-0.4, -0.2) is 12.5 Å². The number of fused-ring (bicyclic) bond motifs is 1. The maximum atomic E-state index is 11.9. The van der Waals surface area contributed by atoms with Crippen molar-refractivity contribution in [3.05, 3.63) is 47.1 Å². The zero-order valence-electron chi connectivity index (χ0n) is 8.81. The molecule has 0 radical (unpaired) electrons. The fraction of sp³-hybridized carbons (Fsp3) is 0.231. The second kappa shape index (κ2) is 3.30. The number of rotatable bonds is 0. The van der Waals surface area contributed by atoms with Crippen LogP contribution in [0.1, 0.15) is 6.42 Å². The van der Waals surface area contributed by atoms with Crippen molar-refractivity contribution >= 4 is 12.0 Å². The number of carbonyl (C=O) groups excluding carboxylic acids is 1. The number of para-hydroxylation sites is 1. The minimum atomic E-state index is -0.490. The van der Waals surface area contributed by atoms with E-state index < -0.39 is 5.41 Å². The highest BCUT2D eigenvalue weighted by atomic mass is 16.2. The third-order valence-electron chi connectivity index (χ3n) is 3.18. The first-order valence-corrected chi connectivity index (χ1v) is 5.42. The molecule has 1 unspecified atom stereocenters. The number of hydrogen-bond acceptors (Lipinski definition) is 2. The second-order valence-corrected chi connectivity index (χ2v) is 4.19. The van der Waals surface area contributed by atoms with Crippen molar-refractivity contribution in [2.45, 2.75) is 6.42 Å². The molecule has 2 aliphatic rings. The number of nitrogens with zero attached hydrogens (tertiary/aromatic N) is 1. The van der Waals surface area contributed by atoms with Crippen LogP contribution in [0, 0.1) is 5.41 Å². The van der Waals surface area contributed by atoms with Gasteiger partial charge in [0.05, 0.1) is 10.8 Å². The average molecular weight is 212 g/mol. The molecule has 3 rings (SSSR count). The van der Waals surface area contributed by atoms with Crippen LogP contribution >= 0.6 is 0 Å². The molecule has 2 aliphatic heterocycles. The molecule has 1 fully saturated rings. The highest BCUT2D eigenvalue weighted by Crippen LogP contribution is 2.30. The Bertz CT molecular complexity index is 588. The van der Waals surface area contributed by atoms with E-state index >= 15 is 0 Å². The van der Waals surface area contributed by atoms with Gasteiger partial charge in [-0.1, -0.05) is 24.3 Å². The molecule has 80 valence electrons. The molecule has 1 N–H and O–H groups in total. The summed E-state index contributed by atoms with van der Waals surface area (Å²) in [4.78, 5) is 16.2. The van der Waals surface area contributed by atoms with Gasteiger partial charge in [-0.3, -0.25) is 9.79 Å². The number of benzene rings is 1. The quantitative estimate of drug-likeness (QED) is 0.652. The summed E-state index contributed by atoms with van der Waals surface area (Å²) < 4.78 is 0. The van der Waals surface area contributed by atoms with Crippen molar-refractivity contribution in [1.29, 1.82) is 0 Å². The number of amides is 1. The Morgan fingerprint density at radius 1 is 1.31 bits per heavy atom. The smallest absolute Gasteiger partial charge is 0.234 e. The molecule has 3 nitrogen and oxygen atoms in total. The molecule has 3 heteroatoms. The van der Waals surface area contributed by atoms with Gasteiger partial charge < -0.3 is 5.32 Å². The van der Waals surface area contributed by atoms with Crippen LogP contribution in [0.25, 0.3) is 6.08 Å². The number of nitrogens with one attached hydrogen (secondary N) is 1. The summed E-state index contributed by atoms with van der Waals surface area (Å²) in [6, 6.07) is 7.88. The summed E-state index contributed by atoms with van der Waals surface area (Å²) in [6.07, 6.45) is 6.48. The molecule has 1 saturated heterocycles. The lowest BCUT2D eigenvalue weighted by atomic mass is 9.85. The van der Waals surface area contributed by atoms with Crippen LogP contribution < -0.4 is 15.9 Å². The predicted molar refractivity (Wildman–Crippen MR) is 60.9 cm³/mol. The van der Waals surface area contributed by atoms with Gasteiger partial charge in [-0.2, -0.15) is 0 Å². The van der Waals surface area contributed by atoms with Gasteiger partial charge in [0.2, 0.25) is 5.91 Å². The van der Waals surface area contributed by atoms with Gasteiger partial charge >= 0.3 is 0 Å². The topological polar surface area (TPSA) is 41.5 Å². The van der Waals surface area contributed by atoms with E-state index in [0.29, 0.717) is 0 Å². The van der Waals surface area contributed by atoms with E-state index in [1.165, 1.54) is 0 Å². The molecule has 0 bridgehead atoms. The Kier molecular flexibility index (Phi) is 1.93. The number of hydrogen-bond donors (Lipinski definition) is 1. The molecule has 0 aromatic heterocycles. The van der Waals surface area contributed by atoms with Crippen LogP contribution in [0.2, 0.25) is 0 Å². The maximum absolute atomic E-state index is 11.9. The first-order chi connectivity index (χ1) is 7.80. The van der Waals surface area contributed by atoms with Gasteiger partial charge in [0.25, 0.3) is 0 Å². The van der Waals surface area contributed by atoms with Crippen molar-refractivity contribution in [3.8, 4) is 0 Å². The van der Waals surface area contributed by atoms with Crippen LogP contribution in [0.5, 0.6) is 0 Å². The van der Waals surface area contributed by atoms with Gasteiger partial charge in [0, 0.05) is 12.7 Å². The predicted octanol–water partition coefficient (Wildman–Crippen LogP) is 0.120. The molecule has 1 amide bonds. The number of carbonyl (C=O) groups is 1. The van der Waals surface area contributed by atoms with Crippen molar-refractivity contribution < 1.29 is 4.79 Å². The Balaban J connectivity index is 2.27. The fourth-order valence-corrected chi connectivity index (χ4v) is 2.26. The van der Waals surface area contributed by atoms with E-state index in [4.69, 9.17) is 0 Å². The Hall–Kier alpha value is -1.90. The van der Waals surface area contributed by atoms with E-state index in [9.17, 15) is 4.79 Å². The van der Waals surface area contributed by atoms with Crippen molar-refractivity contribution in [1.82, 2.24) is 5.32 Å². The largest absolute Gasteiger partial charge is 0.355 e.